The number of aliphatic hydroxyl groups excluding tert-OH is 1. The van der Waals surface area contributed by atoms with Crippen LogP contribution >= 0.6 is 11.6 Å². The van der Waals surface area contributed by atoms with Gasteiger partial charge in [0.05, 0.1) is 11.6 Å². The average Bonchev–Trinajstić information content (AvgIpc) is 2.71. The lowest BCUT2D eigenvalue weighted by Crippen LogP contribution is -2.31. The Kier molecular flexibility index (Phi) is 3.79. The van der Waals surface area contributed by atoms with Crippen LogP contribution in [0.2, 0.25) is 5.02 Å². The van der Waals surface area contributed by atoms with E-state index in [1.165, 1.54) is 6.07 Å². The molecule has 0 saturated carbocycles. The second kappa shape index (κ2) is 5.13. The van der Waals surface area contributed by atoms with Gasteiger partial charge >= 0.3 is 0 Å². The van der Waals surface area contributed by atoms with Gasteiger partial charge in [0, 0.05) is 12.6 Å². The molecule has 0 spiro atoms. The molecular formula is C12H15ClFNO. The Balaban J connectivity index is 2.05. The van der Waals surface area contributed by atoms with Crippen molar-refractivity contribution in [3.05, 3.63) is 34.6 Å². The van der Waals surface area contributed by atoms with E-state index in [0.717, 1.165) is 24.9 Å². The molecule has 0 unspecified atom stereocenters. The van der Waals surface area contributed by atoms with E-state index in [0.29, 0.717) is 6.54 Å². The molecule has 1 atom stereocenters. The summed E-state index contributed by atoms with van der Waals surface area (Å²) in [4.78, 5) is 2.18. The number of nitrogens with zero attached hydrogens (tertiary/aromatic N) is 1. The molecule has 1 aromatic rings. The van der Waals surface area contributed by atoms with E-state index < -0.39 is 0 Å². The molecule has 0 bridgehead atoms. The van der Waals surface area contributed by atoms with Crippen LogP contribution in [0.25, 0.3) is 0 Å². The lowest BCUT2D eigenvalue weighted by molar-refractivity contribution is 0.153. The van der Waals surface area contributed by atoms with E-state index in [1.807, 2.05) is 6.07 Å². The molecule has 0 radical (unpaired) electrons. The highest BCUT2D eigenvalue weighted by Crippen LogP contribution is 2.21. The standard InChI is InChI=1S/C12H15ClFNO/c13-11-4-3-9(6-12(11)14)7-15-5-1-2-10(15)8-16/h3-4,6,10,16H,1-2,5,7-8H2/t10-/m1/s1. The Morgan fingerprint density at radius 3 is 3.00 bits per heavy atom. The van der Waals surface area contributed by atoms with Crippen LogP contribution in [0.15, 0.2) is 18.2 Å². The third-order valence-electron chi connectivity index (χ3n) is 3.08. The van der Waals surface area contributed by atoms with Crippen molar-refractivity contribution in [2.45, 2.75) is 25.4 Å². The first-order valence-electron chi connectivity index (χ1n) is 5.49. The van der Waals surface area contributed by atoms with Crippen molar-refractivity contribution in [1.82, 2.24) is 4.90 Å². The Hall–Kier alpha value is -0.640. The van der Waals surface area contributed by atoms with Crippen LogP contribution in [0.5, 0.6) is 0 Å². The van der Waals surface area contributed by atoms with E-state index in [9.17, 15) is 9.50 Å². The van der Waals surface area contributed by atoms with Gasteiger partial charge in [-0.1, -0.05) is 17.7 Å². The van der Waals surface area contributed by atoms with Gasteiger partial charge in [0.15, 0.2) is 0 Å². The number of halogens is 2. The molecule has 1 heterocycles. The maximum absolute atomic E-state index is 13.2. The smallest absolute Gasteiger partial charge is 0.142 e. The number of rotatable bonds is 3. The second-order valence-corrected chi connectivity index (χ2v) is 4.60. The van der Waals surface area contributed by atoms with Crippen LogP contribution in [-0.2, 0) is 6.54 Å². The molecule has 1 aliphatic rings. The van der Waals surface area contributed by atoms with Gasteiger partial charge in [-0.2, -0.15) is 0 Å². The number of aliphatic hydroxyl groups is 1. The highest BCUT2D eigenvalue weighted by atomic mass is 35.5. The first kappa shape index (κ1) is 11.8. The van der Waals surface area contributed by atoms with Gasteiger partial charge in [-0.15, -0.1) is 0 Å². The summed E-state index contributed by atoms with van der Waals surface area (Å²) in [6.45, 7) is 1.82. The van der Waals surface area contributed by atoms with Gasteiger partial charge in [-0.25, -0.2) is 4.39 Å². The van der Waals surface area contributed by atoms with Crippen LogP contribution in [0.4, 0.5) is 4.39 Å². The topological polar surface area (TPSA) is 23.5 Å². The SMILES string of the molecule is OC[C@H]1CCCN1Cc1ccc(Cl)c(F)c1. The normalized spacial score (nSPS) is 21.6. The summed E-state index contributed by atoms with van der Waals surface area (Å²) in [6.07, 6.45) is 2.12. The van der Waals surface area contributed by atoms with E-state index >= 15 is 0 Å². The lowest BCUT2D eigenvalue weighted by atomic mass is 10.2. The number of benzene rings is 1. The molecule has 1 aliphatic heterocycles. The molecule has 1 saturated heterocycles. The van der Waals surface area contributed by atoms with Crippen LogP contribution in [-0.4, -0.2) is 29.2 Å². The van der Waals surface area contributed by atoms with Crippen LogP contribution in [0, 0.1) is 5.82 Å². The predicted octanol–water partition coefficient (Wildman–Crippen LogP) is 2.44. The number of hydrogen-bond donors (Lipinski definition) is 1. The third-order valence-corrected chi connectivity index (χ3v) is 3.39. The fourth-order valence-electron chi connectivity index (χ4n) is 2.18. The fraction of sp³-hybridized carbons (Fsp3) is 0.500. The number of hydrogen-bond acceptors (Lipinski definition) is 2. The third kappa shape index (κ3) is 2.54. The summed E-state index contributed by atoms with van der Waals surface area (Å²) in [7, 11) is 0. The van der Waals surface area contributed by atoms with Crippen molar-refractivity contribution in [3.8, 4) is 0 Å². The Bertz CT molecular complexity index is 372. The average molecular weight is 244 g/mol. The summed E-state index contributed by atoms with van der Waals surface area (Å²) >= 11 is 5.62. The highest BCUT2D eigenvalue weighted by molar-refractivity contribution is 6.30. The summed E-state index contributed by atoms with van der Waals surface area (Å²) < 4.78 is 13.2. The molecule has 2 nitrogen and oxygen atoms in total. The van der Waals surface area contributed by atoms with Crippen molar-refractivity contribution in [2.24, 2.45) is 0 Å². The minimum Gasteiger partial charge on any atom is -0.395 e. The van der Waals surface area contributed by atoms with Crippen LogP contribution in [0.3, 0.4) is 0 Å². The number of likely N-dealkylation sites (tertiary alicyclic amines) is 1. The zero-order valence-corrected chi connectivity index (χ0v) is 9.75. The minimum atomic E-state index is -0.376. The molecule has 1 fully saturated rings. The molecule has 0 aliphatic carbocycles. The van der Waals surface area contributed by atoms with Crippen molar-refractivity contribution >= 4 is 11.6 Å². The van der Waals surface area contributed by atoms with Crippen molar-refractivity contribution in [3.63, 3.8) is 0 Å². The Labute approximate surface area is 99.6 Å². The van der Waals surface area contributed by atoms with Gasteiger partial charge < -0.3 is 5.11 Å². The van der Waals surface area contributed by atoms with Gasteiger partial charge in [-0.3, -0.25) is 4.90 Å². The first-order chi connectivity index (χ1) is 7.70. The molecule has 88 valence electrons. The molecule has 1 aromatic carbocycles. The molecule has 2 rings (SSSR count). The summed E-state index contributed by atoms with van der Waals surface area (Å²) in [5.74, 6) is -0.376. The minimum absolute atomic E-state index is 0.156. The van der Waals surface area contributed by atoms with Crippen molar-refractivity contribution in [2.75, 3.05) is 13.2 Å². The molecule has 4 heteroatoms. The van der Waals surface area contributed by atoms with Gasteiger partial charge in [0.2, 0.25) is 0 Å². The predicted molar refractivity (Wildman–Crippen MR) is 61.9 cm³/mol. The molecular weight excluding hydrogens is 229 g/mol. The van der Waals surface area contributed by atoms with E-state index in [-0.39, 0.29) is 23.5 Å². The summed E-state index contributed by atoms with van der Waals surface area (Å²) in [5, 5.41) is 9.33. The lowest BCUT2D eigenvalue weighted by Gasteiger charge is -2.22. The van der Waals surface area contributed by atoms with Crippen LogP contribution in [0.1, 0.15) is 18.4 Å². The summed E-state index contributed by atoms with van der Waals surface area (Å²) in [6, 6.07) is 5.10. The summed E-state index contributed by atoms with van der Waals surface area (Å²) in [5.41, 5.74) is 0.905. The monoisotopic (exact) mass is 243 g/mol. The maximum atomic E-state index is 13.2. The largest absolute Gasteiger partial charge is 0.395 e. The molecule has 1 N–H and O–H groups in total. The van der Waals surface area contributed by atoms with E-state index in [1.54, 1.807) is 6.07 Å². The molecule has 16 heavy (non-hydrogen) atoms. The molecule has 0 amide bonds. The van der Waals surface area contributed by atoms with Gasteiger partial charge in [0.25, 0.3) is 0 Å². The second-order valence-electron chi connectivity index (χ2n) is 4.20. The highest BCUT2D eigenvalue weighted by Gasteiger charge is 2.23. The Morgan fingerprint density at radius 1 is 1.50 bits per heavy atom. The van der Waals surface area contributed by atoms with E-state index in [4.69, 9.17) is 11.6 Å². The Morgan fingerprint density at radius 2 is 2.31 bits per heavy atom. The maximum Gasteiger partial charge on any atom is 0.142 e. The van der Waals surface area contributed by atoms with Gasteiger partial charge in [-0.05, 0) is 37.1 Å². The first-order valence-corrected chi connectivity index (χ1v) is 5.87. The fourth-order valence-corrected chi connectivity index (χ4v) is 2.30. The molecule has 0 aromatic heterocycles. The van der Waals surface area contributed by atoms with Crippen LogP contribution < -0.4 is 0 Å². The quantitative estimate of drug-likeness (QED) is 0.882. The van der Waals surface area contributed by atoms with Crippen molar-refractivity contribution in [1.29, 1.82) is 0 Å². The van der Waals surface area contributed by atoms with Crippen molar-refractivity contribution < 1.29 is 9.50 Å². The zero-order valence-electron chi connectivity index (χ0n) is 9.00. The van der Waals surface area contributed by atoms with Gasteiger partial charge in [0.1, 0.15) is 5.82 Å². The van der Waals surface area contributed by atoms with E-state index in [2.05, 4.69) is 4.90 Å². The zero-order chi connectivity index (χ0) is 11.5.